The molecular formula is C24H48N4O2. The summed E-state index contributed by atoms with van der Waals surface area (Å²) in [5.41, 5.74) is -1.18. The first kappa shape index (κ1) is 26.0. The van der Waals surface area contributed by atoms with E-state index in [0.29, 0.717) is 12.1 Å². The highest BCUT2D eigenvalue weighted by Crippen LogP contribution is 2.38. The third-order valence-electron chi connectivity index (χ3n) is 7.15. The minimum atomic E-state index is -0.295. The molecule has 0 aromatic carbocycles. The lowest BCUT2D eigenvalue weighted by Crippen LogP contribution is -2.61. The molecule has 0 spiro atoms. The highest BCUT2D eigenvalue weighted by molar-refractivity contribution is 4.99. The van der Waals surface area contributed by atoms with Crippen LogP contribution in [0.2, 0.25) is 0 Å². The molecule has 0 bridgehead atoms. The van der Waals surface area contributed by atoms with Crippen LogP contribution >= 0.6 is 0 Å². The molecule has 0 saturated carbocycles. The molecule has 2 N–H and O–H groups in total. The van der Waals surface area contributed by atoms with Crippen molar-refractivity contribution < 1.29 is 10.4 Å². The van der Waals surface area contributed by atoms with Gasteiger partial charge in [-0.3, -0.25) is 0 Å². The monoisotopic (exact) mass is 424 g/mol. The number of hydrogen-bond acceptors (Lipinski definition) is 4. The Morgan fingerprint density at radius 1 is 0.567 bits per heavy atom. The van der Waals surface area contributed by atoms with Crippen LogP contribution in [0.1, 0.15) is 107 Å². The standard InChI is InChI=1S/C24H48N4O2/c1-21(2)15-19(16-22(3,4)27(21)29)25-13-11-9-10-12-14-26-20-17-23(5,6)28(30)24(7,8)18-20/h19-20,25-26H,9-18H2,1-8H3. The summed E-state index contributed by atoms with van der Waals surface area (Å²) in [6, 6.07) is 0.862. The van der Waals surface area contributed by atoms with Gasteiger partial charge in [0.15, 0.2) is 0 Å². The maximum Gasteiger partial charge on any atom is 0.0458 e. The van der Waals surface area contributed by atoms with Gasteiger partial charge in [0, 0.05) is 34.2 Å². The molecule has 0 amide bonds. The Morgan fingerprint density at radius 2 is 0.833 bits per heavy atom. The number of hydroxylamine groups is 4. The third kappa shape index (κ3) is 6.63. The summed E-state index contributed by atoms with van der Waals surface area (Å²) < 4.78 is 0. The molecule has 6 nitrogen and oxygen atoms in total. The number of unbranched alkanes of at least 4 members (excludes halogenated alkanes) is 3. The largest absolute Gasteiger partial charge is 0.314 e. The molecule has 0 aliphatic carbocycles. The van der Waals surface area contributed by atoms with Gasteiger partial charge in [-0.05, 0) is 107 Å². The summed E-state index contributed by atoms with van der Waals surface area (Å²) in [4.78, 5) is 0. The fourth-order valence-corrected chi connectivity index (χ4v) is 6.03. The van der Waals surface area contributed by atoms with E-state index in [9.17, 15) is 10.4 Å². The maximum absolute atomic E-state index is 12.5. The first-order valence-corrected chi connectivity index (χ1v) is 12.1. The summed E-state index contributed by atoms with van der Waals surface area (Å²) >= 11 is 0. The van der Waals surface area contributed by atoms with Gasteiger partial charge in [-0.1, -0.05) is 12.8 Å². The Hall–Kier alpha value is -0.240. The molecule has 2 rings (SSSR count). The van der Waals surface area contributed by atoms with Gasteiger partial charge in [0.2, 0.25) is 0 Å². The van der Waals surface area contributed by atoms with Crippen molar-refractivity contribution in [3.63, 3.8) is 0 Å². The fourth-order valence-electron chi connectivity index (χ4n) is 6.03. The van der Waals surface area contributed by atoms with E-state index in [1.54, 1.807) is 0 Å². The Kier molecular flexibility index (Phi) is 8.43. The van der Waals surface area contributed by atoms with Crippen molar-refractivity contribution in [2.45, 2.75) is 141 Å². The van der Waals surface area contributed by atoms with E-state index in [-0.39, 0.29) is 22.2 Å². The van der Waals surface area contributed by atoms with E-state index >= 15 is 0 Å². The summed E-state index contributed by atoms with van der Waals surface area (Å²) in [5, 5.41) is 34.9. The zero-order valence-corrected chi connectivity index (χ0v) is 20.9. The molecule has 30 heavy (non-hydrogen) atoms. The zero-order chi connectivity index (χ0) is 22.8. The predicted octanol–water partition coefficient (Wildman–Crippen LogP) is 4.46. The van der Waals surface area contributed by atoms with Crippen LogP contribution in [0.3, 0.4) is 0 Å². The topological polar surface area (TPSA) is 70.3 Å². The van der Waals surface area contributed by atoms with Gasteiger partial charge in [0.25, 0.3) is 0 Å². The Bertz CT molecular complexity index is 463. The van der Waals surface area contributed by atoms with Crippen molar-refractivity contribution >= 4 is 0 Å². The number of nitrogens with one attached hydrogen (secondary N) is 2. The van der Waals surface area contributed by atoms with Crippen LogP contribution in [0.25, 0.3) is 0 Å². The Morgan fingerprint density at radius 3 is 1.10 bits per heavy atom. The summed E-state index contributed by atoms with van der Waals surface area (Å²) in [6.07, 6.45) is 8.50. The van der Waals surface area contributed by atoms with E-state index in [4.69, 9.17) is 0 Å². The highest BCUT2D eigenvalue weighted by atomic mass is 16.5. The van der Waals surface area contributed by atoms with Gasteiger partial charge in [0.1, 0.15) is 0 Å². The summed E-state index contributed by atoms with van der Waals surface area (Å²) in [6.45, 7) is 18.6. The Balaban J connectivity index is 1.58. The van der Waals surface area contributed by atoms with E-state index < -0.39 is 0 Å². The van der Waals surface area contributed by atoms with Gasteiger partial charge >= 0.3 is 0 Å². The lowest BCUT2D eigenvalue weighted by molar-refractivity contribution is -0.290. The SMILES string of the molecule is CC1(C)CC(NCCCCCCNC2CC(C)(C)N([O])C(C)(C)C2)CC(C)(C)N1[O]. The second-order valence-electron chi connectivity index (χ2n) is 12.4. The first-order chi connectivity index (χ1) is 13.7. The highest BCUT2D eigenvalue weighted by Gasteiger charge is 2.46. The average molecular weight is 425 g/mol. The lowest BCUT2D eigenvalue weighted by atomic mass is 9.79. The van der Waals surface area contributed by atoms with Gasteiger partial charge in [-0.25, -0.2) is 0 Å². The second kappa shape index (κ2) is 9.72. The molecule has 0 aromatic heterocycles. The zero-order valence-electron chi connectivity index (χ0n) is 20.9. The minimum absolute atomic E-state index is 0.295. The Labute approximate surface area is 185 Å². The van der Waals surface area contributed by atoms with Crippen molar-refractivity contribution in [3.8, 4) is 0 Å². The van der Waals surface area contributed by atoms with Gasteiger partial charge in [-0.15, -0.1) is 20.5 Å². The van der Waals surface area contributed by atoms with Crippen molar-refractivity contribution in [2.75, 3.05) is 13.1 Å². The van der Waals surface area contributed by atoms with Crippen LogP contribution in [0.5, 0.6) is 0 Å². The van der Waals surface area contributed by atoms with Crippen molar-refractivity contribution in [1.29, 1.82) is 0 Å². The lowest BCUT2D eigenvalue weighted by Gasteiger charge is -2.50. The molecule has 2 aliphatic rings. The van der Waals surface area contributed by atoms with Crippen LogP contribution in [0, 0.1) is 0 Å². The normalized spacial score (nSPS) is 27.4. The van der Waals surface area contributed by atoms with Crippen molar-refractivity contribution in [1.82, 2.24) is 20.8 Å². The third-order valence-corrected chi connectivity index (χ3v) is 7.15. The number of hydrogen-bond donors (Lipinski definition) is 2. The van der Waals surface area contributed by atoms with Crippen LogP contribution in [-0.4, -0.2) is 57.5 Å². The molecule has 2 fully saturated rings. The van der Waals surface area contributed by atoms with Crippen LogP contribution < -0.4 is 10.6 Å². The van der Waals surface area contributed by atoms with Gasteiger partial charge in [-0.2, -0.15) is 0 Å². The molecule has 0 aromatic rings. The quantitative estimate of drug-likeness (QED) is 0.536. The molecular weight excluding hydrogens is 376 g/mol. The van der Waals surface area contributed by atoms with Crippen LogP contribution in [-0.2, 0) is 10.4 Å². The van der Waals surface area contributed by atoms with Crippen LogP contribution in [0.15, 0.2) is 0 Å². The predicted molar refractivity (Wildman–Crippen MR) is 122 cm³/mol. The maximum atomic E-state index is 12.5. The molecule has 2 heterocycles. The average Bonchev–Trinajstić information content (AvgIpc) is 2.59. The fraction of sp³-hybridized carbons (Fsp3) is 1.00. The molecule has 0 unspecified atom stereocenters. The molecule has 6 heteroatoms. The molecule has 0 atom stereocenters. The summed E-state index contributed by atoms with van der Waals surface area (Å²) in [7, 11) is 0. The van der Waals surface area contributed by atoms with Crippen molar-refractivity contribution in [2.24, 2.45) is 0 Å². The van der Waals surface area contributed by atoms with E-state index in [1.807, 2.05) is 0 Å². The molecule has 2 saturated heterocycles. The van der Waals surface area contributed by atoms with Crippen LogP contribution in [0.4, 0.5) is 0 Å². The van der Waals surface area contributed by atoms with E-state index in [2.05, 4.69) is 66.0 Å². The second-order valence-corrected chi connectivity index (χ2v) is 12.4. The number of piperidine rings is 2. The van der Waals surface area contributed by atoms with Gasteiger partial charge < -0.3 is 10.6 Å². The smallest absolute Gasteiger partial charge is 0.0458 e. The van der Waals surface area contributed by atoms with E-state index in [0.717, 1.165) is 38.8 Å². The summed E-state index contributed by atoms with van der Waals surface area (Å²) in [5.74, 6) is 0. The van der Waals surface area contributed by atoms with Gasteiger partial charge in [0.05, 0.1) is 0 Å². The van der Waals surface area contributed by atoms with E-state index in [1.165, 1.54) is 35.8 Å². The number of rotatable bonds is 9. The molecule has 2 aliphatic heterocycles. The van der Waals surface area contributed by atoms with Crippen molar-refractivity contribution in [3.05, 3.63) is 0 Å². The molecule has 2 radical (unpaired) electrons. The minimum Gasteiger partial charge on any atom is -0.314 e. The molecule has 176 valence electrons. The first-order valence-electron chi connectivity index (χ1n) is 12.1. The number of nitrogens with zero attached hydrogens (tertiary/aromatic N) is 2.